The van der Waals surface area contributed by atoms with Gasteiger partial charge in [0.05, 0.1) is 11.4 Å². The predicted molar refractivity (Wildman–Crippen MR) is 116 cm³/mol. The van der Waals surface area contributed by atoms with Crippen LogP contribution in [-0.2, 0) is 9.63 Å². The van der Waals surface area contributed by atoms with Crippen molar-refractivity contribution in [2.24, 2.45) is 10.9 Å². The Kier molecular flexibility index (Phi) is 5.28. The second-order valence-corrected chi connectivity index (χ2v) is 8.89. The SMILES string of the molecule is NC(=O)c1sc2nc(C(F)F)cc(C3CC3)c2c1NC(=O)C1CC(c2ccc(F)cc2)=NO1. The van der Waals surface area contributed by atoms with Crippen LogP contribution < -0.4 is 11.1 Å². The molecule has 2 aliphatic rings. The summed E-state index contributed by atoms with van der Waals surface area (Å²) in [6.45, 7) is 0. The molecular formula is C22H17F3N4O3S. The Labute approximate surface area is 189 Å². The van der Waals surface area contributed by atoms with E-state index in [1.807, 2.05) is 0 Å². The van der Waals surface area contributed by atoms with Crippen molar-refractivity contribution in [2.75, 3.05) is 5.32 Å². The molecule has 5 rings (SSSR count). The van der Waals surface area contributed by atoms with Crippen LogP contribution in [0.3, 0.4) is 0 Å². The van der Waals surface area contributed by atoms with Crippen molar-refractivity contribution < 1.29 is 27.6 Å². The molecule has 2 aromatic heterocycles. The van der Waals surface area contributed by atoms with E-state index in [1.165, 1.54) is 30.3 Å². The molecule has 2 amide bonds. The quantitative estimate of drug-likeness (QED) is 0.549. The first kappa shape index (κ1) is 21.4. The number of nitrogens with one attached hydrogen (secondary N) is 1. The lowest BCUT2D eigenvalue weighted by Gasteiger charge is -2.12. The van der Waals surface area contributed by atoms with Gasteiger partial charge in [0.1, 0.15) is 21.2 Å². The number of aromatic nitrogens is 1. The Morgan fingerprint density at radius 3 is 2.58 bits per heavy atom. The van der Waals surface area contributed by atoms with Gasteiger partial charge in [0.2, 0.25) is 6.10 Å². The molecule has 33 heavy (non-hydrogen) atoms. The lowest BCUT2D eigenvalue weighted by Crippen LogP contribution is -2.29. The van der Waals surface area contributed by atoms with E-state index in [4.69, 9.17) is 10.6 Å². The summed E-state index contributed by atoms with van der Waals surface area (Å²) < 4.78 is 39.9. The Hall–Kier alpha value is -3.47. The van der Waals surface area contributed by atoms with Gasteiger partial charge in [-0.1, -0.05) is 17.3 Å². The molecule has 3 aromatic rings. The van der Waals surface area contributed by atoms with Gasteiger partial charge in [0.25, 0.3) is 18.2 Å². The first-order valence-corrected chi connectivity index (χ1v) is 11.0. The third kappa shape index (κ3) is 4.04. The fourth-order valence-electron chi connectivity index (χ4n) is 3.80. The highest BCUT2D eigenvalue weighted by atomic mass is 32.1. The van der Waals surface area contributed by atoms with Gasteiger partial charge in [-0.2, -0.15) is 0 Å². The molecule has 0 radical (unpaired) electrons. The van der Waals surface area contributed by atoms with Crippen molar-refractivity contribution in [1.29, 1.82) is 0 Å². The molecule has 1 unspecified atom stereocenters. The lowest BCUT2D eigenvalue weighted by atomic mass is 10.0. The van der Waals surface area contributed by atoms with Gasteiger partial charge >= 0.3 is 0 Å². The summed E-state index contributed by atoms with van der Waals surface area (Å²) in [7, 11) is 0. The molecule has 1 fully saturated rings. The number of pyridine rings is 1. The molecular weight excluding hydrogens is 457 g/mol. The number of hydrogen-bond acceptors (Lipinski definition) is 6. The van der Waals surface area contributed by atoms with E-state index >= 15 is 0 Å². The fourth-order valence-corrected chi connectivity index (χ4v) is 4.82. The first-order chi connectivity index (χ1) is 15.8. The summed E-state index contributed by atoms with van der Waals surface area (Å²) in [6, 6.07) is 6.96. The Balaban J connectivity index is 1.46. The predicted octanol–water partition coefficient (Wildman–Crippen LogP) is 4.48. The van der Waals surface area contributed by atoms with Crippen LogP contribution in [0.1, 0.15) is 58.1 Å². The third-order valence-corrected chi connectivity index (χ3v) is 6.66. The van der Waals surface area contributed by atoms with Crippen molar-refractivity contribution in [3.05, 3.63) is 57.8 Å². The molecule has 1 atom stereocenters. The zero-order valence-corrected chi connectivity index (χ0v) is 17.8. The smallest absolute Gasteiger partial charge is 0.280 e. The number of carbonyl (C=O) groups is 2. The van der Waals surface area contributed by atoms with Gasteiger partial charge in [-0.15, -0.1) is 11.3 Å². The number of amides is 2. The van der Waals surface area contributed by atoms with Crippen LogP contribution in [0.4, 0.5) is 18.9 Å². The van der Waals surface area contributed by atoms with Crippen molar-refractivity contribution in [3.8, 4) is 0 Å². The number of nitrogens with two attached hydrogens (primary N) is 1. The molecule has 1 aliphatic carbocycles. The molecule has 1 aromatic carbocycles. The number of anilines is 1. The lowest BCUT2D eigenvalue weighted by molar-refractivity contribution is -0.125. The fraction of sp³-hybridized carbons (Fsp3) is 0.273. The summed E-state index contributed by atoms with van der Waals surface area (Å²) in [5, 5.41) is 7.07. The van der Waals surface area contributed by atoms with E-state index in [0.29, 0.717) is 22.2 Å². The minimum absolute atomic E-state index is 0.0249. The summed E-state index contributed by atoms with van der Waals surface area (Å²) in [5.74, 6) is -1.72. The van der Waals surface area contributed by atoms with Crippen LogP contribution in [0.15, 0.2) is 35.5 Å². The maximum Gasteiger partial charge on any atom is 0.280 e. The van der Waals surface area contributed by atoms with Crippen LogP contribution >= 0.6 is 11.3 Å². The average Bonchev–Trinajstić information content (AvgIpc) is 3.39. The van der Waals surface area contributed by atoms with Crippen molar-refractivity contribution in [3.63, 3.8) is 0 Å². The molecule has 170 valence electrons. The number of nitrogens with zero attached hydrogens (tertiary/aromatic N) is 2. The largest absolute Gasteiger partial charge is 0.382 e. The Bertz CT molecular complexity index is 1300. The summed E-state index contributed by atoms with van der Waals surface area (Å²) in [6.07, 6.45) is -1.99. The molecule has 3 N–H and O–H groups in total. The van der Waals surface area contributed by atoms with E-state index in [1.54, 1.807) is 0 Å². The number of carbonyl (C=O) groups excluding carboxylic acids is 2. The summed E-state index contributed by atoms with van der Waals surface area (Å²) in [5.41, 5.74) is 7.00. The third-order valence-electron chi connectivity index (χ3n) is 5.56. The van der Waals surface area contributed by atoms with E-state index in [9.17, 15) is 22.8 Å². The number of hydrogen-bond donors (Lipinski definition) is 2. The second-order valence-electron chi connectivity index (χ2n) is 7.89. The summed E-state index contributed by atoms with van der Waals surface area (Å²) >= 11 is 0.868. The first-order valence-electron chi connectivity index (χ1n) is 10.2. The maximum atomic E-state index is 13.4. The van der Waals surface area contributed by atoms with Gasteiger partial charge in [-0.05, 0) is 48.1 Å². The standard InChI is InChI=1S/C22H17F3N4O3S/c23-11-5-3-10(4-6-11)13-8-15(32-29-13)21(31)28-17-16-12(9-1-2-9)7-14(19(24)25)27-22(16)33-18(17)20(26)30/h3-7,9,15,19H,1-2,8H2,(H2,26,30)(H,28,31). The van der Waals surface area contributed by atoms with Crippen LogP contribution in [0, 0.1) is 5.82 Å². The number of benzene rings is 1. The van der Waals surface area contributed by atoms with Gasteiger partial charge in [-0.25, -0.2) is 18.2 Å². The number of primary amides is 1. The minimum atomic E-state index is -2.77. The highest BCUT2D eigenvalue weighted by molar-refractivity contribution is 7.21. The van der Waals surface area contributed by atoms with Gasteiger partial charge < -0.3 is 15.9 Å². The molecule has 1 aliphatic heterocycles. The molecule has 11 heteroatoms. The number of oxime groups is 1. The van der Waals surface area contributed by atoms with E-state index < -0.39 is 30.2 Å². The zero-order valence-electron chi connectivity index (χ0n) is 17.0. The van der Waals surface area contributed by atoms with Gasteiger partial charge in [-0.3, -0.25) is 9.59 Å². The highest BCUT2D eigenvalue weighted by Gasteiger charge is 2.34. The number of fused-ring (bicyclic) bond motifs is 1. The van der Waals surface area contributed by atoms with Crippen LogP contribution in [0.2, 0.25) is 0 Å². The van der Waals surface area contributed by atoms with Crippen molar-refractivity contribution in [2.45, 2.75) is 37.7 Å². The number of alkyl halides is 2. The number of halogens is 3. The summed E-state index contributed by atoms with van der Waals surface area (Å²) in [4.78, 5) is 34.6. The minimum Gasteiger partial charge on any atom is -0.382 e. The molecule has 3 heterocycles. The highest BCUT2D eigenvalue weighted by Crippen LogP contribution is 2.48. The molecule has 1 saturated carbocycles. The van der Waals surface area contributed by atoms with Crippen LogP contribution in [0.25, 0.3) is 10.2 Å². The van der Waals surface area contributed by atoms with E-state index in [0.717, 1.165) is 24.2 Å². The monoisotopic (exact) mass is 474 g/mol. The Morgan fingerprint density at radius 1 is 1.21 bits per heavy atom. The van der Waals surface area contributed by atoms with Crippen LogP contribution in [0.5, 0.6) is 0 Å². The normalized spacial score (nSPS) is 17.8. The van der Waals surface area contributed by atoms with E-state index in [2.05, 4.69) is 15.5 Å². The molecule has 7 nitrogen and oxygen atoms in total. The zero-order chi connectivity index (χ0) is 23.3. The Morgan fingerprint density at radius 2 is 1.94 bits per heavy atom. The molecule has 0 saturated heterocycles. The molecule has 0 bridgehead atoms. The maximum absolute atomic E-state index is 13.4. The second kappa shape index (κ2) is 8.14. The van der Waals surface area contributed by atoms with Crippen LogP contribution in [-0.4, -0.2) is 28.6 Å². The van der Waals surface area contributed by atoms with Gasteiger partial charge in [0.15, 0.2) is 0 Å². The van der Waals surface area contributed by atoms with E-state index in [-0.39, 0.29) is 33.4 Å². The van der Waals surface area contributed by atoms with Gasteiger partial charge in [0, 0.05) is 11.8 Å². The molecule has 0 spiro atoms. The number of rotatable bonds is 6. The topological polar surface area (TPSA) is 107 Å². The number of thiophene rings is 1. The average molecular weight is 474 g/mol. The van der Waals surface area contributed by atoms with Crippen molar-refractivity contribution >= 4 is 44.8 Å². The van der Waals surface area contributed by atoms with Crippen molar-refractivity contribution in [1.82, 2.24) is 4.98 Å².